The third kappa shape index (κ3) is 4.88. The highest BCUT2D eigenvalue weighted by atomic mass is 15.1. The number of hydrogen-bond donors (Lipinski definition) is 0. The number of benzene rings is 10. The number of rotatable bonds is 6. The molecule has 2 aromatic heterocycles. The molecule has 12 aromatic rings. The van der Waals surface area contributed by atoms with E-state index in [1.54, 1.807) is 0 Å². The van der Waals surface area contributed by atoms with Gasteiger partial charge in [-0.05, 0) is 117 Å². The maximum absolute atomic E-state index is 2.65. The Hall–Kier alpha value is -8.14. The number of anilines is 3. The van der Waals surface area contributed by atoms with Gasteiger partial charge in [0, 0.05) is 44.3 Å². The van der Waals surface area contributed by atoms with Crippen molar-refractivity contribution in [1.82, 2.24) is 9.13 Å². The van der Waals surface area contributed by atoms with Gasteiger partial charge in [0.2, 0.25) is 0 Å². The Morgan fingerprint density at radius 1 is 0.323 bits per heavy atom. The summed E-state index contributed by atoms with van der Waals surface area (Å²) in [5.74, 6) is 0. The zero-order valence-corrected chi connectivity index (χ0v) is 33.9. The SMILES string of the molecule is c1ccc(N(c2ccc3c(c2)c2ccccc2n3-c2ccccc2)c2ccc3c(c2)c2ccccc2n3C2(c3ccc4ccccc4c3)c3ccccc3-c3ccccc32)cc1. The topological polar surface area (TPSA) is 13.1 Å². The smallest absolute Gasteiger partial charge is 0.122 e. The second-order valence-electron chi connectivity index (χ2n) is 16.5. The number of aromatic nitrogens is 2. The molecule has 3 nitrogen and oxygen atoms in total. The molecule has 0 fully saturated rings. The van der Waals surface area contributed by atoms with Crippen LogP contribution in [-0.2, 0) is 5.54 Å². The zero-order valence-electron chi connectivity index (χ0n) is 33.9. The molecule has 0 unspecified atom stereocenters. The molecule has 0 amide bonds. The van der Waals surface area contributed by atoms with Crippen LogP contribution < -0.4 is 4.90 Å². The first-order valence-electron chi connectivity index (χ1n) is 21.4. The molecule has 13 rings (SSSR count). The average molecular weight is 790 g/mol. The van der Waals surface area contributed by atoms with Crippen molar-refractivity contribution in [3.8, 4) is 16.8 Å². The summed E-state index contributed by atoms with van der Waals surface area (Å²) in [6, 6.07) is 87.2. The molecule has 0 N–H and O–H groups in total. The molecule has 2 heterocycles. The van der Waals surface area contributed by atoms with E-state index in [4.69, 9.17) is 0 Å². The van der Waals surface area contributed by atoms with Crippen molar-refractivity contribution < 1.29 is 0 Å². The Balaban J connectivity index is 1.08. The molecular weight excluding hydrogens is 751 g/mol. The van der Waals surface area contributed by atoms with Gasteiger partial charge in [0.05, 0.1) is 22.1 Å². The minimum Gasteiger partial charge on any atom is -0.322 e. The highest BCUT2D eigenvalue weighted by Crippen LogP contribution is 2.56. The Labute approximate surface area is 359 Å². The maximum Gasteiger partial charge on any atom is 0.122 e. The summed E-state index contributed by atoms with van der Waals surface area (Å²) in [6.07, 6.45) is 0. The monoisotopic (exact) mass is 789 g/mol. The first-order valence-corrected chi connectivity index (χ1v) is 21.4. The molecule has 0 aliphatic heterocycles. The van der Waals surface area contributed by atoms with Crippen molar-refractivity contribution in [2.75, 3.05) is 4.90 Å². The minimum absolute atomic E-state index is 0.642. The molecule has 62 heavy (non-hydrogen) atoms. The lowest BCUT2D eigenvalue weighted by atomic mass is 9.79. The molecule has 0 radical (unpaired) electrons. The van der Waals surface area contributed by atoms with Crippen LogP contribution in [0.15, 0.2) is 237 Å². The lowest BCUT2D eigenvalue weighted by molar-refractivity contribution is 0.564. The van der Waals surface area contributed by atoms with Crippen molar-refractivity contribution in [3.05, 3.63) is 253 Å². The quantitative estimate of drug-likeness (QED) is 0.164. The van der Waals surface area contributed by atoms with Gasteiger partial charge in [-0.3, -0.25) is 0 Å². The standard InChI is InChI=1S/C59H39N3/c1-3-19-43(20-4-1)60(45-33-35-56-51(38-45)49-25-11-15-29-55(49)61(56)44-21-5-2-6-22-44)46-34-36-58-52(39-46)50-26-12-16-30-57(50)62(58)59(42-32-31-40-17-7-8-18-41(40)37-42)53-27-13-9-23-47(53)48-24-10-14-28-54(48)59/h1-39H. The molecular formula is C59H39N3. The fraction of sp³-hybridized carbons (Fsp3) is 0.0169. The van der Waals surface area contributed by atoms with Crippen LogP contribution in [0.5, 0.6) is 0 Å². The zero-order chi connectivity index (χ0) is 40.8. The molecule has 0 atom stereocenters. The molecule has 1 aliphatic rings. The minimum atomic E-state index is -0.642. The summed E-state index contributed by atoms with van der Waals surface area (Å²) in [7, 11) is 0. The second-order valence-corrected chi connectivity index (χ2v) is 16.5. The lowest BCUT2D eigenvalue weighted by Crippen LogP contribution is -2.35. The lowest BCUT2D eigenvalue weighted by Gasteiger charge is -2.37. The van der Waals surface area contributed by atoms with Gasteiger partial charge in [-0.2, -0.15) is 0 Å². The Bertz CT molecular complexity index is 3660. The Kier molecular flexibility index (Phi) is 7.52. The third-order valence-corrected chi connectivity index (χ3v) is 13.3. The van der Waals surface area contributed by atoms with Gasteiger partial charge in [-0.25, -0.2) is 0 Å². The Morgan fingerprint density at radius 3 is 1.53 bits per heavy atom. The fourth-order valence-electron chi connectivity index (χ4n) is 10.7. The van der Waals surface area contributed by atoms with Crippen molar-refractivity contribution in [3.63, 3.8) is 0 Å². The van der Waals surface area contributed by atoms with Crippen molar-refractivity contribution in [2.24, 2.45) is 0 Å². The van der Waals surface area contributed by atoms with E-state index in [0.717, 1.165) is 22.7 Å². The summed E-state index contributed by atoms with van der Waals surface area (Å²) in [4.78, 5) is 2.42. The van der Waals surface area contributed by atoms with Crippen LogP contribution in [0.1, 0.15) is 16.7 Å². The summed E-state index contributed by atoms with van der Waals surface area (Å²) >= 11 is 0. The van der Waals surface area contributed by atoms with Crippen LogP contribution in [0.4, 0.5) is 17.1 Å². The average Bonchev–Trinajstić information content (AvgIpc) is 3.96. The van der Waals surface area contributed by atoms with Gasteiger partial charge in [-0.1, -0.05) is 158 Å². The van der Waals surface area contributed by atoms with Crippen LogP contribution in [0.3, 0.4) is 0 Å². The normalized spacial score (nSPS) is 13.0. The largest absolute Gasteiger partial charge is 0.322 e. The van der Waals surface area contributed by atoms with Gasteiger partial charge in [0.15, 0.2) is 0 Å². The number of hydrogen-bond acceptors (Lipinski definition) is 1. The fourth-order valence-corrected chi connectivity index (χ4v) is 10.7. The van der Waals surface area contributed by atoms with E-state index in [2.05, 4.69) is 251 Å². The molecule has 0 bridgehead atoms. The van der Waals surface area contributed by atoms with E-state index in [-0.39, 0.29) is 0 Å². The molecule has 1 aliphatic carbocycles. The van der Waals surface area contributed by atoms with Crippen LogP contribution in [0, 0.1) is 0 Å². The molecule has 290 valence electrons. The molecule has 0 saturated heterocycles. The van der Waals surface area contributed by atoms with E-state index in [1.807, 2.05) is 0 Å². The third-order valence-electron chi connectivity index (χ3n) is 13.3. The molecule has 0 saturated carbocycles. The second kappa shape index (κ2) is 13.4. The summed E-state index contributed by atoms with van der Waals surface area (Å²) < 4.78 is 5.03. The molecule has 0 spiro atoms. The van der Waals surface area contributed by atoms with Crippen LogP contribution in [-0.4, -0.2) is 9.13 Å². The number of para-hydroxylation sites is 4. The first-order chi connectivity index (χ1) is 30.8. The summed E-state index contributed by atoms with van der Waals surface area (Å²) in [5, 5.41) is 7.36. The Morgan fingerprint density at radius 2 is 0.823 bits per heavy atom. The van der Waals surface area contributed by atoms with Gasteiger partial charge in [0.25, 0.3) is 0 Å². The van der Waals surface area contributed by atoms with Crippen LogP contribution >= 0.6 is 0 Å². The summed E-state index contributed by atoms with van der Waals surface area (Å²) in [6.45, 7) is 0. The highest BCUT2D eigenvalue weighted by Gasteiger charge is 2.47. The number of nitrogens with zero attached hydrogens (tertiary/aromatic N) is 3. The van der Waals surface area contributed by atoms with Gasteiger partial charge >= 0.3 is 0 Å². The van der Waals surface area contributed by atoms with Crippen LogP contribution in [0.25, 0.3) is 71.2 Å². The van der Waals surface area contributed by atoms with Crippen molar-refractivity contribution in [1.29, 1.82) is 0 Å². The predicted molar refractivity (Wildman–Crippen MR) is 260 cm³/mol. The van der Waals surface area contributed by atoms with Gasteiger partial charge in [0.1, 0.15) is 5.54 Å². The molecule has 10 aromatic carbocycles. The van der Waals surface area contributed by atoms with E-state index in [0.29, 0.717) is 0 Å². The van der Waals surface area contributed by atoms with Crippen molar-refractivity contribution >= 4 is 71.4 Å². The van der Waals surface area contributed by atoms with E-state index < -0.39 is 5.54 Å². The highest BCUT2D eigenvalue weighted by molar-refractivity contribution is 6.12. The van der Waals surface area contributed by atoms with Gasteiger partial charge in [-0.15, -0.1) is 0 Å². The van der Waals surface area contributed by atoms with E-state index in [1.165, 1.54) is 82.2 Å². The predicted octanol–water partition coefficient (Wildman–Crippen LogP) is 15.3. The first kappa shape index (κ1) is 34.7. The van der Waals surface area contributed by atoms with E-state index >= 15 is 0 Å². The van der Waals surface area contributed by atoms with Gasteiger partial charge < -0.3 is 14.0 Å². The summed E-state index contributed by atoms with van der Waals surface area (Å²) in [5.41, 5.74) is 15.0. The number of fused-ring (bicyclic) bond motifs is 10. The van der Waals surface area contributed by atoms with Crippen LogP contribution in [0.2, 0.25) is 0 Å². The molecule has 3 heteroatoms. The van der Waals surface area contributed by atoms with E-state index in [9.17, 15) is 0 Å². The maximum atomic E-state index is 2.65. The van der Waals surface area contributed by atoms with Crippen molar-refractivity contribution in [2.45, 2.75) is 5.54 Å².